The Kier molecular flexibility index (Phi) is 5.83. The van der Waals surface area contributed by atoms with Crippen LogP contribution in [0.3, 0.4) is 0 Å². The van der Waals surface area contributed by atoms with Gasteiger partial charge in [0.25, 0.3) is 5.56 Å². The lowest BCUT2D eigenvalue weighted by molar-refractivity contribution is -0.121. The minimum absolute atomic E-state index is 0.154. The highest BCUT2D eigenvalue weighted by Crippen LogP contribution is 2.15. The van der Waals surface area contributed by atoms with Crippen LogP contribution in [0.25, 0.3) is 5.69 Å². The first kappa shape index (κ1) is 18.1. The van der Waals surface area contributed by atoms with E-state index in [0.717, 1.165) is 29.3 Å². The van der Waals surface area contributed by atoms with E-state index in [4.69, 9.17) is 0 Å². The van der Waals surface area contributed by atoms with Crippen LogP contribution in [0.5, 0.6) is 5.88 Å². The van der Waals surface area contributed by atoms with Crippen molar-refractivity contribution in [2.24, 2.45) is 5.10 Å². The van der Waals surface area contributed by atoms with Crippen LogP contribution >= 0.6 is 0 Å². The monoisotopic (exact) mass is 348 g/mol. The molecule has 0 radical (unpaired) electrons. The Morgan fingerprint density at radius 2 is 2.04 bits per heavy atom. The van der Waals surface area contributed by atoms with Crippen molar-refractivity contribution in [1.29, 1.82) is 0 Å². The number of aromatic hydroxyl groups is 1. The van der Waals surface area contributed by atoms with E-state index >= 15 is 0 Å². The summed E-state index contributed by atoms with van der Waals surface area (Å²) in [6.45, 7) is 1.94. The van der Waals surface area contributed by atoms with Gasteiger partial charge in [-0.2, -0.15) is 5.10 Å². The lowest BCUT2D eigenvalue weighted by atomic mass is 10.2. The summed E-state index contributed by atoms with van der Waals surface area (Å²) >= 11 is 0. The van der Waals surface area contributed by atoms with Gasteiger partial charge in [0.1, 0.15) is 11.4 Å². The van der Waals surface area contributed by atoms with Crippen molar-refractivity contribution in [3.63, 3.8) is 0 Å². The van der Waals surface area contributed by atoms with Crippen LogP contribution in [0.1, 0.15) is 31.7 Å². The molecule has 1 amide bonds. The molecule has 0 bridgehead atoms. The van der Waals surface area contributed by atoms with Crippen LogP contribution in [-0.2, 0) is 4.79 Å². The summed E-state index contributed by atoms with van der Waals surface area (Å²) in [5, 5.41) is 13.8. The van der Waals surface area contributed by atoms with Crippen molar-refractivity contribution in [3.05, 3.63) is 56.5 Å². The second-order valence-corrected chi connectivity index (χ2v) is 5.21. The van der Waals surface area contributed by atoms with Crippen LogP contribution in [-0.4, -0.2) is 26.8 Å². The molecule has 0 atom stereocenters. The molecule has 1 aromatic heterocycles. The highest BCUT2D eigenvalue weighted by atomic mass is 19.1. The summed E-state index contributed by atoms with van der Waals surface area (Å²) in [4.78, 5) is 37.3. The maximum absolute atomic E-state index is 13.0. The second-order valence-electron chi connectivity index (χ2n) is 5.21. The molecule has 1 aromatic carbocycles. The molecule has 0 fully saturated rings. The molecule has 0 unspecified atom stereocenters. The highest BCUT2D eigenvalue weighted by Gasteiger charge is 2.14. The van der Waals surface area contributed by atoms with Crippen molar-refractivity contribution in [3.8, 4) is 11.6 Å². The Labute approximate surface area is 141 Å². The van der Waals surface area contributed by atoms with Gasteiger partial charge in [-0.25, -0.2) is 19.2 Å². The number of carbonyl (C=O) groups excluding carboxylic acids is 1. The van der Waals surface area contributed by atoms with Crippen molar-refractivity contribution in [2.75, 3.05) is 0 Å². The molecule has 8 nitrogen and oxygen atoms in total. The molecule has 0 aliphatic carbocycles. The number of aromatic nitrogens is 2. The first-order valence-corrected chi connectivity index (χ1v) is 7.60. The van der Waals surface area contributed by atoms with E-state index < -0.39 is 22.9 Å². The minimum atomic E-state index is -0.891. The summed E-state index contributed by atoms with van der Waals surface area (Å²) in [6.07, 6.45) is 2.77. The SMILES string of the molecule is CCCCC(=O)NN=Cc1c(O)n(-c2ccc(F)cc2)c(=O)[nH]c1=O. The molecular formula is C16H17FN4O4. The Hall–Kier alpha value is -3.23. The Morgan fingerprint density at radius 3 is 2.68 bits per heavy atom. The number of nitrogens with zero attached hydrogens (tertiary/aromatic N) is 2. The van der Waals surface area contributed by atoms with Gasteiger partial charge in [-0.3, -0.25) is 14.6 Å². The molecule has 1 heterocycles. The number of hydrogen-bond acceptors (Lipinski definition) is 5. The third kappa shape index (κ3) is 4.40. The second kappa shape index (κ2) is 8.04. The van der Waals surface area contributed by atoms with Crippen molar-refractivity contribution in [2.45, 2.75) is 26.2 Å². The number of aromatic amines is 1. The molecule has 2 rings (SSSR count). The first-order chi connectivity index (χ1) is 11.9. The zero-order valence-electron chi connectivity index (χ0n) is 13.5. The number of hydrogen-bond donors (Lipinski definition) is 3. The number of rotatable bonds is 6. The first-order valence-electron chi connectivity index (χ1n) is 7.60. The summed E-state index contributed by atoms with van der Waals surface area (Å²) in [7, 11) is 0. The van der Waals surface area contributed by atoms with Gasteiger partial charge >= 0.3 is 5.69 Å². The van der Waals surface area contributed by atoms with E-state index in [2.05, 4.69) is 10.5 Å². The number of hydrazone groups is 1. The number of halogens is 1. The smallest absolute Gasteiger partial charge is 0.335 e. The van der Waals surface area contributed by atoms with Crippen molar-refractivity contribution in [1.82, 2.24) is 15.0 Å². The molecule has 25 heavy (non-hydrogen) atoms. The van der Waals surface area contributed by atoms with Gasteiger partial charge in [-0.15, -0.1) is 0 Å². The molecule has 0 spiro atoms. The Bertz CT molecular complexity index is 900. The van der Waals surface area contributed by atoms with Crippen LogP contribution in [0.2, 0.25) is 0 Å². The standard InChI is InChI=1S/C16H17FN4O4/c1-2-3-4-13(22)20-18-9-12-14(23)19-16(25)21(15(12)24)11-7-5-10(17)6-8-11/h5-9,24H,2-4H2,1H3,(H,20,22)(H,19,23,25). The molecule has 0 aliphatic heterocycles. The number of nitrogens with one attached hydrogen (secondary N) is 2. The van der Waals surface area contributed by atoms with Gasteiger partial charge in [0.15, 0.2) is 0 Å². The van der Waals surface area contributed by atoms with Gasteiger partial charge in [0.2, 0.25) is 11.8 Å². The van der Waals surface area contributed by atoms with Crippen LogP contribution in [0.4, 0.5) is 4.39 Å². The van der Waals surface area contributed by atoms with Gasteiger partial charge in [0, 0.05) is 6.42 Å². The fourth-order valence-electron chi connectivity index (χ4n) is 2.05. The number of amides is 1. The van der Waals surface area contributed by atoms with E-state index in [1.807, 2.05) is 11.9 Å². The highest BCUT2D eigenvalue weighted by molar-refractivity contribution is 5.84. The van der Waals surface area contributed by atoms with Crippen molar-refractivity contribution < 1.29 is 14.3 Å². The third-order valence-corrected chi connectivity index (χ3v) is 3.35. The maximum Gasteiger partial charge on any atom is 0.335 e. The number of carbonyl (C=O) groups is 1. The topological polar surface area (TPSA) is 117 Å². The van der Waals surface area contributed by atoms with Crippen LogP contribution < -0.4 is 16.7 Å². The molecule has 132 valence electrons. The number of unbranched alkanes of at least 4 members (excludes halogenated alkanes) is 1. The average Bonchev–Trinajstić information content (AvgIpc) is 2.57. The predicted molar refractivity (Wildman–Crippen MR) is 89.5 cm³/mol. The normalized spacial score (nSPS) is 11.0. The van der Waals surface area contributed by atoms with E-state index in [0.29, 0.717) is 6.42 Å². The molecule has 3 N–H and O–H groups in total. The number of benzene rings is 1. The van der Waals surface area contributed by atoms with E-state index in [9.17, 15) is 23.9 Å². The molecule has 2 aromatic rings. The summed E-state index contributed by atoms with van der Waals surface area (Å²) in [6, 6.07) is 4.74. The largest absolute Gasteiger partial charge is 0.493 e. The predicted octanol–water partition coefficient (Wildman–Crippen LogP) is 1.01. The van der Waals surface area contributed by atoms with Crippen LogP contribution in [0, 0.1) is 5.82 Å². The Balaban J connectivity index is 2.35. The van der Waals surface area contributed by atoms with Crippen molar-refractivity contribution >= 4 is 12.1 Å². The zero-order valence-corrected chi connectivity index (χ0v) is 13.5. The third-order valence-electron chi connectivity index (χ3n) is 3.35. The lowest BCUT2D eigenvalue weighted by Gasteiger charge is -2.09. The molecule has 0 saturated heterocycles. The van der Waals surface area contributed by atoms with Gasteiger partial charge < -0.3 is 5.11 Å². The summed E-state index contributed by atoms with van der Waals surface area (Å²) < 4.78 is 13.8. The van der Waals surface area contributed by atoms with Gasteiger partial charge in [-0.05, 0) is 30.7 Å². The Morgan fingerprint density at radius 1 is 1.36 bits per heavy atom. The fraction of sp³-hybridized carbons (Fsp3) is 0.250. The summed E-state index contributed by atoms with van der Waals surface area (Å²) in [5.41, 5.74) is 0.307. The average molecular weight is 348 g/mol. The minimum Gasteiger partial charge on any atom is -0.493 e. The summed E-state index contributed by atoms with van der Waals surface area (Å²) in [5.74, 6) is -1.52. The fourth-order valence-corrected chi connectivity index (χ4v) is 2.05. The van der Waals surface area contributed by atoms with Gasteiger partial charge in [-0.1, -0.05) is 13.3 Å². The maximum atomic E-state index is 13.0. The molecular weight excluding hydrogens is 331 g/mol. The van der Waals surface area contributed by atoms with Gasteiger partial charge in [0.05, 0.1) is 11.9 Å². The van der Waals surface area contributed by atoms with Crippen LogP contribution in [0.15, 0.2) is 39.0 Å². The zero-order chi connectivity index (χ0) is 18.4. The number of H-pyrrole nitrogens is 1. The molecule has 9 heteroatoms. The quantitative estimate of drug-likeness (QED) is 0.533. The molecule has 0 aliphatic rings. The van der Waals surface area contributed by atoms with E-state index in [1.165, 1.54) is 12.1 Å². The van der Waals surface area contributed by atoms with E-state index in [1.54, 1.807) is 0 Å². The molecule has 0 saturated carbocycles. The lowest BCUT2D eigenvalue weighted by Crippen LogP contribution is -2.31. The van der Waals surface area contributed by atoms with E-state index in [-0.39, 0.29) is 23.6 Å².